The number of pyridine rings is 1. The van der Waals surface area contributed by atoms with Crippen molar-refractivity contribution in [2.75, 3.05) is 13.1 Å². The van der Waals surface area contributed by atoms with Gasteiger partial charge in [-0.2, -0.15) is 0 Å². The van der Waals surface area contributed by atoms with Crippen molar-refractivity contribution in [2.45, 2.75) is 24.9 Å². The number of carbonyl (C=O) groups is 1. The maximum absolute atomic E-state index is 13.7. The lowest BCUT2D eigenvalue weighted by Crippen LogP contribution is -2.50. The predicted molar refractivity (Wildman–Crippen MR) is 114 cm³/mol. The molecule has 0 saturated carbocycles. The fraction of sp³-hybridized carbons (Fsp3) is 0.273. The molecule has 0 aliphatic carbocycles. The topological polar surface area (TPSA) is 63.1 Å². The van der Waals surface area contributed by atoms with E-state index in [-0.39, 0.29) is 42.2 Å². The molecule has 158 valence electrons. The molecule has 1 saturated heterocycles. The first-order chi connectivity index (χ1) is 14.0. The van der Waals surface area contributed by atoms with Crippen LogP contribution in [0.15, 0.2) is 59.5 Å². The molecule has 2 heterocycles. The number of para-hydroxylation sites is 1. The van der Waals surface area contributed by atoms with Gasteiger partial charge in [-0.25, -0.2) is 8.78 Å². The van der Waals surface area contributed by atoms with Crippen molar-refractivity contribution in [1.29, 1.82) is 0 Å². The van der Waals surface area contributed by atoms with Gasteiger partial charge < -0.3 is 15.2 Å². The molecule has 1 aliphatic rings. The summed E-state index contributed by atoms with van der Waals surface area (Å²) in [6, 6.07) is 12.2. The molecule has 3 aromatic rings. The second kappa shape index (κ2) is 9.36. The zero-order chi connectivity index (χ0) is 20.4. The van der Waals surface area contributed by atoms with Crippen LogP contribution in [0, 0.1) is 11.6 Å². The maximum atomic E-state index is 13.7. The summed E-state index contributed by atoms with van der Waals surface area (Å²) in [5, 5.41) is 6.81. The van der Waals surface area contributed by atoms with Gasteiger partial charge in [0.05, 0.1) is 5.52 Å². The molecule has 4 rings (SSSR count). The Morgan fingerprint density at radius 2 is 1.93 bits per heavy atom. The third-order valence-corrected chi connectivity index (χ3v) is 5.40. The van der Waals surface area contributed by atoms with Gasteiger partial charge in [-0.3, -0.25) is 9.59 Å². The second-order valence-electron chi connectivity index (χ2n) is 7.27. The van der Waals surface area contributed by atoms with E-state index >= 15 is 0 Å². The average Bonchev–Trinajstić information content (AvgIpc) is 2.73. The van der Waals surface area contributed by atoms with Crippen molar-refractivity contribution in [1.82, 2.24) is 15.2 Å². The van der Waals surface area contributed by atoms with Gasteiger partial charge in [-0.1, -0.05) is 18.2 Å². The summed E-state index contributed by atoms with van der Waals surface area (Å²) in [6.07, 6.45) is 2.31. The summed E-state index contributed by atoms with van der Waals surface area (Å²) in [5.41, 5.74) is 1.27. The number of hydrogen-bond acceptors (Lipinski definition) is 3. The summed E-state index contributed by atoms with van der Waals surface area (Å²) < 4.78 is 28.7. The largest absolute Gasteiger partial charge is 0.350 e. The van der Waals surface area contributed by atoms with E-state index in [1.807, 2.05) is 6.07 Å². The molecule has 30 heavy (non-hydrogen) atoms. The molecule has 1 amide bonds. The molecule has 0 bridgehead atoms. The number of benzene rings is 2. The summed E-state index contributed by atoms with van der Waals surface area (Å²) in [7, 11) is 0. The highest BCUT2D eigenvalue weighted by Gasteiger charge is 2.28. The molecule has 0 radical (unpaired) electrons. The SMILES string of the molecule is Cl.O=C(Cn1ccc(=O)c2ccccc21)NC1CNCCC1c1ccc(F)c(F)c1. The standard InChI is InChI=1S/C22H21F2N3O2.ClH/c23-17-6-5-14(11-18(17)24)15-7-9-25-12-19(15)26-22(29)13-27-10-8-21(28)16-3-1-2-4-20(16)27;/h1-6,8,10-11,15,19,25H,7,9,12-13H2,(H,26,29);1H. The van der Waals surface area contributed by atoms with Crippen LogP contribution >= 0.6 is 12.4 Å². The smallest absolute Gasteiger partial charge is 0.240 e. The number of amides is 1. The molecule has 8 heteroatoms. The minimum atomic E-state index is -0.883. The molecule has 5 nitrogen and oxygen atoms in total. The highest BCUT2D eigenvalue weighted by molar-refractivity contribution is 5.85. The maximum Gasteiger partial charge on any atom is 0.240 e. The fourth-order valence-corrected chi connectivity index (χ4v) is 3.96. The zero-order valence-corrected chi connectivity index (χ0v) is 16.9. The average molecular weight is 434 g/mol. The monoisotopic (exact) mass is 433 g/mol. The Morgan fingerprint density at radius 1 is 1.13 bits per heavy atom. The molecule has 2 N–H and O–H groups in total. The van der Waals surface area contributed by atoms with E-state index in [0.29, 0.717) is 29.4 Å². The zero-order valence-electron chi connectivity index (χ0n) is 16.1. The van der Waals surface area contributed by atoms with Crippen LogP contribution in [0.3, 0.4) is 0 Å². The number of carbonyl (C=O) groups excluding carboxylic acids is 1. The summed E-state index contributed by atoms with van der Waals surface area (Å²) in [5.74, 6) is -2.08. The van der Waals surface area contributed by atoms with Gasteiger partial charge in [-0.15, -0.1) is 12.4 Å². The van der Waals surface area contributed by atoms with Crippen LogP contribution in [0.25, 0.3) is 10.9 Å². The third kappa shape index (κ3) is 4.52. The van der Waals surface area contributed by atoms with Crippen molar-refractivity contribution < 1.29 is 13.6 Å². The molecule has 2 aromatic carbocycles. The Labute approximate surface area is 178 Å². The van der Waals surface area contributed by atoms with Crippen LogP contribution in [0.4, 0.5) is 8.78 Å². The normalized spacial score (nSPS) is 18.6. The van der Waals surface area contributed by atoms with E-state index in [2.05, 4.69) is 10.6 Å². The molecule has 0 spiro atoms. The van der Waals surface area contributed by atoms with E-state index in [0.717, 1.165) is 12.6 Å². The lowest BCUT2D eigenvalue weighted by molar-refractivity contribution is -0.122. The molecule has 1 aliphatic heterocycles. The van der Waals surface area contributed by atoms with Gasteiger partial charge in [0.15, 0.2) is 17.1 Å². The van der Waals surface area contributed by atoms with E-state index in [1.54, 1.807) is 35.0 Å². The van der Waals surface area contributed by atoms with Gasteiger partial charge in [-0.05, 0) is 42.8 Å². The lowest BCUT2D eigenvalue weighted by Gasteiger charge is -2.33. The molecular weight excluding hydrogens is 412 g/mol. The van der Waals surface area contributed by atoms with Crippen molar-refractivity contribution in [2.24, 2.45) is 0 Å². The predicted octanol–water partition coefficient (Wildman–Crippen LogP) is 2.96. The van der Waals surface area contributed by atoms with E-state index in [4.69, 9.17) is 0 Å². The second-order valence-corrected chi connectivity index (χ2v) is 7.27. The number of aromatic nitrogens is 1. The van der Waals surface area contributed by atoms with Crippen LogP contribution in [-0.4, -0.2) is 29.6 Å². The molecular formula is C22H22ClF2N3O2. The number of rotatable bonds is 4. The summed E-state index contributed by atoms with van der Waals surface area (Å²) >= 11 is 0. The summed E-state index contributed by atoms with van der Waals surface area (Å²) in [6.45, 7) is 1.34. The Kier molecular flexibility index (Phi) is 6.84. The van der Waals surface area contributed by atoms with Gasteiger partial charge >= 0.3 is 0 Å². The van der Waals surface area contributed by atoms with Gasteiger partial charge in [0.2, 0.25) is 5.91 Å². The van der Waals surface area contributed by atoms with E-state index in [1.165, 1.54) is 12.1 Å². The van der Waals surface area contributed by atoms with Crippen LogP contribution < -0.4 is 16.1 Å². The van der Waals surface area contributed by atoms with Crippen molar-refractivity contribution in [3.63, 3.8) is 0 Å². The quantitative estimate of drug-likeness (QED) is 0.665. The van der Waals surface area contributed by atoms with Gasteiger partial charge in [0.1, 0.15) is 6.54 Å². The highest BCUT2D eigenvalue weighted by atomic mass is 35.5. The fourth-order valence-electron chi connectivity index (χ4n) is 3.96. The lowest BCUT2D eigenvalue weighted by atomic mass is 9.86. The Morgan fingerprint density at radius 3 is 2.73 bits per heavy atom. The van der Waals surface area contributed by atoms with Crippen molar-refractivity contribution in [3.8, 4) is 0 Å². The Bertz CT molecular complexity index is 1120. The van der Waals surface area contributed by atoms with Crippen LogP contribution in [-0.2, 0) is 11.3 Å². The minimum Gasteiger partial charge on any atom is -0.350 e. The number of piperidine rings is 1. The number of nitrogens with zero attached hydrogens (tertiary/aromatic N) is 1. The van der Waals surface area contributed by atoms with Crippen LogP contribution in [0.2, 0.25) is 0 Å². The highest BCUT2D eigenvalue weighted by Crippen LogP contribution is 2.27. The Hall–Kier alpha value is -2.77. The molecule has 1 aromatic heterocycles. The van der Waals surface area contributed by atoms with Gasteiger partial charge in [0, 0.05) is 36.2 Å². The number of nitrogens with one attached hydrogen (secondary N) is 2. The molecule has 1 fully saturated rings. The Balaban J connectivity index is 0.00000256. The first-order valence-electron chi connectivity index (χ1n) is 9.56. The minimum absolute atomic E-state index is 0. The first kappa shape index (κ1) is 21.9. The molecule has 2 atom stereocenters. The van der Waals surface area contributed by atoms with Crippen LogP contribution in [0.1, 0.15) is 17.9 Å². The van der Waals surface area contributed by atoms with Crippen molar-refractivity contribution in [3.05, 3.63) is 82.1 Å². The first-order valence-corrected chi connectivity index (χ1v) is 9.56. The van der Waals surface area contributed by atoms with E-state index in [9.17, 15) is 18.4 Å². The third-order valence-electron chi connectivity index (χ3n) is 5.40. The molecule has 2 unspecified atom stereocenters. The summed E-state index contributed by atoms with van der Waals surface area (Å²) in [4.78, 5) is 24.7. The van der Waals surface area contributed by atoms with Crippen LogP contribution in [0.5, 0.6) is 0 Å². The number of fused-ring (bicyclic) bond motifs is 1. The van der Waals surface area contributed by atoms with Gasteiger partial charge in [0.25, 0.3) is 0 Å². The number of hydrogen-bond donors (Lipinski definition) is 2. The van der Waals surface area contributed by atoms with Crippen molar-refractivity contribution >= 4 is 29.2 Å². The number of halogens is 3. The van der Waals surface area contributed by atoms with E-state index < -0.39 is 11.6 Å².